The second-order valence-electron chi connectivity index (χ2n) is 6.90. The predicted molar refractivity (Wildman–Crippen MR) is 104 cm³/mol. The third-order valence-electron chi connectivity index (χ3n) is 4.75. The molecule has 1 aliphatic rings. The van der Waals surface area contributed by atoms with Crippen LogP contribution in [0, 0.1) is 6.92 Å². The molecule has 1 saturated heterocycles. The SMILES string of the molecule is Cc1ccc(OC(=O)CCc2ccc(S(=O)(=O)N3CCCCC3)cc2)cc1. The number of sulfonamides is 1. The van der Waals surface area contributed by atoms with Crippen LogP contribution in [0.3, 0.4) is 0 Å². The fraction of sp³-hybridized carbons (Fsp3) is 0.381. The molecule has 0 saturated carbocycles. The van der Waals surface area contributed by atoms with Gasteiger partial charge in [0.25, 0.3) is 0 Å². The Hall–Kier alpha value is -2.18. The first-order valence-corrected chi connectivity index (χ1v) is 10.8. The topological polar surface area (TPSA) is 63.7 Å². The van der Waals surface area contributed by atoms with E-state index in [0.717, 1.165) is 30.4 Å². The fourth-order valence-corrected chi connectivity index (χ4v) is 4.63. The summed E-state index contributed by atoms with van der Waals surface area (Å²) in [4.78, 5) is 12.3. The predicted octanol–water partition coefficient (Wildman–Crippen LogP) is 3.71. The Morgan fingerprint density at radius 2 is 1.59 bits per heavy atom. The van der Waals surface area contributed by atoms with E-state index in [9.17, 15) is 13.2 Å². The van der Waals surface area contributed by atoms with Crippen molar-refractivity contribution in [2.24, 2.45) is 0 Å². The molecule has 27 heavy (non-hydrogen) atoms. The lowest BCUT2D eigenvalue weighted by Crippen LogP contribution is -2.35. The summed E-state index contributed by atoms with van der Waals surface area (Å²) in [5.41, 5.74) is 2.02. The van der Waals surface area contributed by atoms with Crippen molar-refractivity contribution in [1.29, 1.82) is 0 Å². The molecule has 2 aromatic rings. The van der Waals surface area contributed by atoms with Crippen LogP contribution < -0.4 is 4.74 Å². The molecule has 0 bridgehead atoms. The van der Waals surface area contributed by atoms with Gasteiger partial charge in [-0.1, -0.05) is 36.2 Å². The smallest absolute Gasteiger partial charge is 0.311 e. The minimum Gasteiger partial charge on any atom is -0.427 e. The highest BCUT2D eigenvalue weighted by Gasteiger charge is 2.25. The van der Waals surface area contributed by atoms with Crippen molar-refractivity contribution >= 4 is 16.0 Å². The van der Waals surface area contributed by atoms with Crippen LogP contribution in [0.5, 0.6) is 5.75 Å². The van der Waals surface area contributed by atoms with Gasteiger partial charge >= 0.3 is 5.97 Å². The number of hydrogen-bond donors (Lipinski definition) is 0. The number of carbonyl (C=O) groups is 1. The third-order valence-corrected chi connectivity index (χ3v) is 6.66. The maximum atomic E-state index is 12.6. The Labute approximate surface area is 161 Å². The van der Waals surface area contributed by atoms with Crippen LogP contribution in [0.1, 0.15) is 36.8 Å². The standard InChI is InChI=1S/C21H25NO4S/c1-17-5-10-19(11-6-17)26-21(23)14-9-18-7-12-20(13-8-18)27(24,25)22-15-3-2-4-16-22/h5-8,10-13H,2-4,9,14-16H2,1H3. The van der Waals surface area contributed by atoms with Gasteiger partial charge in [0.15, 0.2) is 0 Å². The minimum absolute atomic E-state index is 0.242. The van der Waals surface area contributed by atoms with Crippen LogP contribution in [-0.4, -0.2) is 31.8 Å². The quantitative estimate of drug-likeness (QED) is 0.560. The molecular formula is C21H25NO4S. The van der Waals surface area contributed by atoms with Crippen LogP contribution in [0.4, 0.5) is 0 Å². The summed E-state index contributed by atoms with van der Waals surface area (Å²) >= 11 is 0. The molecule has 0 aromatic heterocycles. The summed E-state index contributed by atoms with van der Waals surface area (Å²) < 4.78 is 32.2. The average Bonchev–Trinajstić information content (AvgIpc) is 2.69. The molecule has 0 aliphatic carbocycles. The molecular weight excluding hydrogens is 362 g/mol. The molecule has 3 rings (SSSR count). The summed E-state index contributed by atoms with van der Waals surface area (Å²) in [7, 11) is -3.41. The number of carbonyl (C=O) groups excluding carboxylic acids is 1. The van der Waals surface area contributed by atoms with Crippen molar-refractivity contribution < 1.29 is 17.9 Å². The monoisotopic (exact) mass is 387 g/mol. The first kappa shape index (κ1) is 19.6. The second kappa shape index (κ2) is 8.67. The number of nitrogens with zero attached hydrogens (tertiary/aromatic N) is 1. The molecule has 144 valence electrons. The zero-order chi connectivity index (χ0) is 19.3. The summed E-state index contributed by atoms with van der Waals surface area (Å²) in [5, 5.41) is 0. The molecule has 5 nitrogen and oxygen atoms in total. The van der Waals surface area contributed by atoms with Crippen molar-refractivity contribution in [1.82, 2.24) is 4.31 Å². The van der Waals surface area contributed by atoms with Gasteiger partial charge in [0, 0.05) is 19.5 Å². The van der Waals surface area contributed by atoms with E-state index >= 15 is 0 Å². The fourth-order valence-electron chi connectivity index (χ4n) is 3.12. The summed E-state index contributed by atoms with van der Waals surface area (Å²) in [6.07, 6.45) is 3.67. The van der Waals surface area contributed by atoms with Crippen LogP contribution in [0.15, 0.2) is 53.4 Å². The molecule has 0 spiro atoms. The number of aryl methyl sites for hydroxylation is 2. The number of ether oxygens (including phenoxy) is 1. The molecule has 0 radical (unpaired) electrons. The first-order valence-electron chi connectivity index (χ1n) is 9.31. The van der Waals surface area contributed by atoms with Gasteiger partial charge in [-0.25, -0.2) is 8.42 Å². The van der Waals surface area contributed by atoms with E-state index in [-0.39, 0.29) is 12.4 Å². The van der Waals surface area contributed by atoms with Crippen molar-refractivity contribution in [3.63, 3.8) is 0 Å². The maximum absolute atomic E-state index is 12.6. The van der Waals surface area contributed by atoms with E-state index in [4.69, 9.17) is 4.74 Å². The molecule has 2 aromatic carbocycles. The highest BCUT2D eigenvalue weighted by atomic mass is 32.2. The second-order valence-corrected chi connectivity index (χ2v) is 8.83. The van der Waals surface area contributed by atoms with Crippen LogP contribution >= 0.6 is 0 Å². The van der Waals surface area contributed by atoms with Gasteiger partial charge in [-0.05, 0) is 56.0 Å². The number of esters is 1. The lowest BCUT2D eigenvalue weighted by atomic mass is 10.1. The Balaban J connectivity index is 1.55. The Bertz CT molecular complexity index is 867. The van der Waals surface area contributed by atoms with E-state index in [1.165, 1.54) is 0 Å². The van der Waals surface area contributed by atoms with Crippen LogP contribution in [0.2, 0.25) is 0 Å². The van der Waals surface area contributed by atoms with E-state index < -0.39 is 10.0 Å². The highest BCUT2D eigenvalue weighted by molar-refractivity contribution is 7.89. The minimum atomic E-state index is -3.41. The molecule has 0 unspecified atom stereocenters. The molecule has 1 fully saturated rings. The molecule has 0 atom stereocenters. The average molecular weight is 388 g/mol. The van der Waals surface area contributed by atoms with Gasteiger partial charge in [0.1, 0.15) is 5.75 Å². The van der Waals surface area contributed by atoms with E-state index in [0.29, 0.717) is 30.2 Å². The largest absolute Gasteiger partial charge is 0.427 e. The van der Waals surface area contributed by atoms with Gasteiger partial charge in [-0.2, -0.15) is 4.31 Å². The normalized spacial score (nSPS) is 15.4. The summed E-state index contributed by atoms with van der Waals surface area (Å²) in [5.74, 6) is 0.234. The lowest BCUT2D eigenvalue weighted by Gasteiger charge is -2.25. The molecule has 1 aliphatic heterocycles. The van der Waals surface area contributed by atoms with Crippen LogP contribution in [0.25, 0.3) is 0 Å². The number of rotatable bonds is 6. The van der Waals surface area contributed by atoms with Crippen molar-refractivity contribution in [2.75, 3.05) is 13.1 Å². The zero-order valence-electron chi connectivity index (χ0n) is 15.6. The summed E-state index contributed by atoms with van der Waals surface area (Å²) in [6.45, 7) is 3.16. The highest BCUT2D eigenvalue weighted by Crippen LogP contribution is 2.21. The molecule has 1 heterocycles. The van der Waals surface area contributed by atoms with E-state index in [1.807, 2.05) is 19.1 Å². The summed E-state index contributed by atoms with van der Waals surface area (Å²) in [6, 6.07) is 14.1. The Morgan fingerprint density at radius 3 is 2.22 bits per heavy atom. The van der Waals surface area contributed by atoms with E-state index in [1.54, 1.807) is 40.7 Å². The van der Waals surface area contributed by atoms with Crippen molar-refractivity contribution in [3.05, 3.63) is 59.7 Å². The Kier molecular flexibility index (Phi) is 6.29. The number of benzene rings is 2. The number of hydrogen-bond acceptors (Lipinski definition) is 4. The molecule has 6 heteroatoms. The first-order chi connectivity index (χ1) is 12.9. The van der Waals surface area contributed by atoms with Gasteiger partial charge < -0.3 is 4.74 Å². The number of piperidine rings is 1. The lowest BCUT2D eigenvalue weighted by molar-refractivity contribution is -0.134. The van der Waals surface area contributed by atoms with Crippen molar-refractivity contribution in [2.45, 2.75) is 43.9 Å². The van der Waals surface area contributed by atoms with Gasteiger partial charge in [-0.3, -0.25) is 4.79 Å². The van der Waals surface area contributed by atoms with Gasteiger partial charge in [-0.15, -0.1) is 0 Å². The third kappa shape index (κ3) is 5.17. The Morgan fingerprint density at radius 1 is 0.963 bits per heavy atom. The molecule has 0 N–H and O–H groups in total. The van der Waals surface area contributed by atoms with Crippen LogP contribution in [-0.2, 0) is 21.2 Å². The van der Waals surface area contributed by atoms with Gasteiger partial charge in [0.2, 0.25) is 10.0 Å². The van der Waals surface area contributed by atoms with E-state index in [2.05, 4.69) is 0 Å². The molecule has 0 amide bonds. The van der Waals surface area contributed by atoms with Crippen molar-refractivity contribution in [3.8, 4) is 5.75 Å². The van der Waals surface area contributed by atoms with Gasteiger partial charge in [0.05, 0.1) is 4.90 Å². The zero-order valence-corrected chi connectivity index (χ0v) is 16.4. The maximum Gasteiger partial charge on any atom is 0.311 e.